The van der Waals surface area contributed by atoms with Crippen molar-refractivity contribution in [3.63, 3.8) is 0 Å². The highest BCUT2D eigenvalue weighted by molar-refractivity contribution is 7.98. The Morgan fingerprint density at radius 2 is 2.26 bits per heavy atom. The van der Waals surface area contributed by atoms with Crippen molar-refractivity contribution in [2.45, 2.75) is 11.5 Å². The predicted octanol–water partition coefficient (Wildman–Crippen LogP) is 2.75. The second-order valence-electron chi connectivity index (χ2n) is 3.74. The number of ether oxygens (including phenoxy) is 1. The summed E-state index contributed by atoms with van der Waals surface area (Å²) in [6.45, 7) is 0.341. The van der Waals surface area contributed by atoms with Gasteiger partial charge >= 0.3 is 0 Å². The topological polar surface area (TPSA) is 56.5 Å². The van der Waals surface area contributed by atoms with Crippen LogP contribution in [0.3, 0.4) is 0 Å². The first kappa shape index (κ1) is 13.8. The number of aryl methyl sites for hydroxylation is 1. The van der Waals surface area contributed by atoms with Crippen LogP contribution in [0.25, 0.3) is 0 Å². The van der Waals surface area contributed by atoms with E-state index in [-0.39, 0.29) is 11.5 Å². The van der Waals surface area contributed by atoms with Crippen LogP contribution in [0.4, 0.5) is 5.69 Å². The fourth-order valence-corrected chi connectivity index (χ4v) is 2.51. The Morgan fingerprint density at radius 3 is 2.89 bits per heavy atom. The van der Waals surface area contributed by atoms with Crippen molar-refractivity contribution in [1.82, 2.24) is 9.78 Å². The molecule has 7 heteroatoms. The summed E-state index contributed by atoms with van der Waals surface area (Å²) in [5, 5.41) is 4.15. The Labute approximate surface area is 119 Å². The largest absolute Gasteiger partial charge is 0.472 e. The van der Waals surface area contributed by atoms with Crippen LogP contribution in [0.15, 0.2) is 39.7 Å². The Hall–Kier alpha value is -1.60. The predicted molar refractivity (Wildman–Crippen MR) is 76.0 cm³/mol. The molecule has 0 amide bonds. The maximum absolute atomic E-state index is 10.6. The molecule has 0 N–H and O–H groups in total. The lowest BCUT2D eigenvalue weighted by molar-refractivity contribution is 0.288. The van der Waals surface area contributed by atoms with Crippen molar-refractivity contribution in [3.05, 3.63) is 36.0 Å². The zero-order valence-electron chi connectivity index (χ0n) is 10.6. The van der Waals surface area contributed by atoms with Crippen LogP contribution in [-0.4, -0.2) is 20.2 Å². The van der Waals surface area contributed by atoms with Gasteiger partial charge in [-0.3, -0.25) is 4.68 Å². The van der Waals surface area contributed by atoms with Gasteiger partial charge in [0.1, 0.15) is 6.61 Å². The van der Waals surface area contributed by atoms with Gasteiger partial charge in [0.25, 0.3) is 0 Å². The number of hydrogen-bond donors (Lipinski definition) is 0. The molecule has 0 saturated carbocycles. The lowest BCUT2D eigenvalue weighted by atomic mass is 10.2. The third-order valence-corrected chi connectivity index (χ3v) is 3.61. The van der Waals surface area contributed by atoms with E-state index in [0.29, 0.717) is 18.2 Å². The smallest absolute Gasteiger partial charge is 0.233 e. The van der Waals surface area contributed by atoms with E-state index in [1.54, 1.807) is 22.5 Å². The number of rotatable bonds is 5. The van der Waals surface area contributed by atoms with E-state index < -0.39 is 0 Å². The maximum Gasteiger partial charge on any atom is 0.233 e. The summed E-state index contributed by atoms with van der Waals surface area (Å²) in [7, 11) is 1.83. The zero-order valence-corrected chi connectivity index (χ0v) is 12.2. The molecule has 0 unspecified atom stereocenters. The Balaban J connectivity index is 2.24. The van der Waals surface area contributed by atoms with Crippen LogP contribution >= 0.6 is 11.8 Å². The molecule has 1 heterocycles. The third kappa shape index (κ3) is 3.45. The molecule has 100 valence electrons. The van der Waals surface area contributed by atoms with Crippen molar-refractivity contribution in [1.29, 1.82) is 0 Å². The molecule has 0 saturated heterocycles. The lowest BCUT2D eigenvalue weighted by Gasteiger charge is -2.09. The molecule has 2 rings (SSSR count). The monoisotopic (exact) mass is 295 g/mol. The quantitative estimate of drug-likeness (QED) is 0.796. The van der Waals surface area contributed by atoms with Crippen LogP contribution in [0.2, 0.25) is 0 Å². The number of thioether (sulfide) groups is 1. The highest BCUT2D eigenvalue weighted by Crippen LogP contribution is 2.29. The minimum Gasteiger partial charge on any atom is -0.472 e. The van der Waals surface area contributed by atoms with Crippen molar-refractivity contribution in [3.8, 4) is 5.88 Å². The van der Waals surface area contributed by atoms with Crippen molar-refractivity contribution in [2.75, 3.05) is 6.26 Å². The standard InChI is InChI=1S/C12H13N3O2S2/c1-15-7-6-12(13-15)17-8-9-10(14-19-16)4-3-5-11(9)18-2/h3-7H,8H2,1-2H3. The maximum atomic E-state index is 10.6. The van der Waals surface area contributed by atoms with Gasteiger partial charge in [-0.15, -0.1) is 16.9 Å². The summed E-state index contributed by atoms with van der Waals surface area (Å²) in [6, 6.07) is 7.46. The highest BCUT2D eigenvalue weighted by atomic mass is 32.2. The van der Waals surface area contributed by atoms with Crippen molar-refractivity contribution >= 4 is 28.9 Å². The number of nitrogens with zero attached hydrogens (tertiary/aromatic N) is 3. The van der Waals surface area contributed by atoms with Crippen LogP contribution in [-0.2, 0) is 25.1 Å². The first-order valence-electron chi connectivity index (χ1n) is 5.53. The van der Waals surface area contributed by atoms with E-state index in [1.165, 1.54) is 0 Å². The lowest BCUT2D eigenvalue weighted by Crippen LogP contribution is -1.99. The summed E-state index contributed by atoms with van der Waals surface area (Å²) in [4.78, 5) is 1.05. The van der Waals surface area contributed by atoms with Crippen molar-refractivity contribution < 1.29 is 8.95 Å². The minimum absolute atomic E-state index is 0.204. The van der Waals surface area contributed by atoms with E-state index in [1.807, 2.05) is 37.7 Å². The second kappa shape index (κ2) is 6.53. The van der Waals surface area contributed by atoms with E-state index in [4.69, 9.17) is 4.74 Å². The summed E-state index contributed by atoms with van der Waals surface area (Å²) in [6.07, 6.45) is 3.79. The SMILES string of the molecule is CSc1cccc(N=S=O)c1COc1ccn(C)n1. The number of aromatic nitrogens is 2. The van der Waals surface area contributed by atoms with E-state index in [9.17, 15) is 4.21 Å². The van der Waals surface area contributed by atoms with Crippen LogP contribution in [0.5, 0.6) is 5.88 Å². The normalized spacial score (nSPS) is 10.2. The van der Waals surface area contributed by atoms with E-state index in [0.717, 1.165) is 10.5 Å². The van der Waals surface area contributed by atoms with Gasteiger partial charge in [-0.05, 0) is 18.4 Å². The average molecular weight is 295 g/mol. The van der Waals surface area contributed by atoms with Crippen LogP contribution in [0, 0.1) is 0 Å². The Morgan fingerprint density at radius 1 is 1.42 bits per heavy atom. The summed E-state index contributed by atoms with van der Waals surface area (Å²) in [5.41, 5.74) is 1.56. The molecule has 0 radical (unpaired) electrons. The molecule has 0 atom stereocenters. The number of benzene rings is 1. The summed E-state index contributed by atoms with van der Waals surface area (Å²) >= 11 is 1.80. The van der Waals surface area contributed by atoms with Gasteiger partial charge in [-0.1, -0.05) is 6.07 Å². The van der Waals surface area contributed by atoms with Crippen molar-refractivity contribution in [2.24, 2.45) is 11.4 Å². The first-order valence-corrected chi connectivity index (χ1v) is 7.45. The van der Waals surface area contributed by atoms with E-state index >= 15 is 0 Å². The fourth-order valence-electron chi connectivity index (χ4n) is 1.63. The van der Waals surface area contributed by atoms with Crippen LogP contribution < -0.4 is 4.74 Å². The summed E-state index contributed by atoms with van der Waals surface area (Å²) in [5.74, 6) is 0.555. The average Bonchev–Trinajstić information content (AvgIpc) is 2.83. The van der Waals surface area contributed by atoms with Crippen LogP contribution in [0.1, 0.15) is 5.56 Å². The third-order valence-electron chi connectivity index (χ3n) is 2.52. The van der Waals surface area contributed by atoms with Gasteiger partial charge in [0.05, 0.1) is 5.69 Å². The number of hydrogen-bond acceptors (Lipinski definition) is 5. The minimum atomic E-state index is 0.204. The molecule has 2 aromatic rings. The molecule has 5 nitrogen and oxygen atoms in total. The second-order valence-corrected chi connectivity index (χ2v) is 4.92. The molecule has 1 aromatic heterocycles. The molecule has 0 spiro atoms. The zero-order chi connectivity index (χ0) is 13.7. The highest BCUT2D eigenvalue weighted by Gasteiger charge is 2.09. The Kier molecular flexibility index (Phi) is 4.75. The van der Waals surface area contributed by atoms with Gasteiger partial charge < -0.3 is 4.74 Å². The molecule has 0 aliphatic heterocycles. The van der Waals surface area contributed by atoms with Gasteiger partial charge in [0.2, 0.25) is 17.3 Å². The molecule has 19 heavy (non-hydrogen) atoms. The first-order chi connectivity index (χ1) is 9.24. The van der Waals surface area contributed by atoms with Gasteiger partial charge in [-0.2, -0.15) is 8.57 Å². The molecular formula is C12H13N3O2S2. The molecule has 1 aromatic carbocycles. The van der Waals surface area contributed by atoms with E-state index in [2.05, 4.69) is 9.46 Å². The molecular weight excluding hydrogens is 282 g/mol. The summed E-state index contributed by atoms with van der Waals surface area (Å²) < 4.78 is 21.8. The van der Waals surface area contributed by atoms with Gasteiger partial charge in [0.15, 0.2) is 0 Å². The molecule has 0 fully saturated rings. The molecule has 0 bridgehead atoms. The Bertz CT molecular complexity index is 621. The van der Waals surface area contributed by atoms with Gasteiger partial charge in [0, 0.05) is 29.8 Å². The molecule has 0 aliphatic carbocycles. The van der Waals surface area contributed by atoms with Gasteiger partial charge in [-0.25, -0.2) is 0 Å². The fraction of sp³-hybridized carbons (Fsp3) is 0.250. The molecule has 0 aliphatic rings.